The minimum Gasteiger partial charge on any atom is -0.326 e. The molecule has 1 aromatic rings. The predicted octanol–water partition coefficient (Wildman–Crippen LogP) is 1.86. The zero-order valence-corrected chi connectivity index (χ0v) is 10.8. The lowest BCUT2D eigenvalue weighted by Gasteiger charge is -2.05. The molecule has 0 aliphatic heterocycles. The number of Topliss-reactive ketones (excluding diaryl/α,β-unsaturated/α-hetero) is 1. The Balaban J connectivity index is 0.00000256. The van der Waals surface area contributed by atoms with E-state index in [9.17, 15) is 9.59 Å². The number of rotatable bonds is 5. The van der Waals surface area contributed by atoms with E-state index in [4.69, 9.17) is 0 Å². The van der Waals surface area contributed by atoms with Gasteiger partial charge in [-0.2, -0.15) is 0 Å². The number of hydrogen-bond donors (Lipinski definition) is 2. The highest BCUT2D eigenvalue weighted by Crippen LogP contribution is 2.11. The van der Waals surface area contributed by atoms with Crippen molar-refractivity contribution in [2.75, 3.05) is 18.9 Å². The quantitative estimate of drug-likeness (QED) is 0.791. The Morgan fingerprint density at radius 1 is 1.29 bits per heavy atom. The molecule has 94 valence electrons. The number of amides is 1. The molecular formula is C12H17ClN2O2. The monoisotopic (exact) mass is 256 g/mol. The molecule has 1 rings (SSSR count). The van der Waals surface area contributed by atoms with Gasteiger partial charge in [-0.3, -0.25) is 9.59 Å². The minimum atomic E-state index is -0.0601. The van der Waals surface area contributed by atoms with Gasteiger partial charge in [0.25, 0.3) is 0 Å². The minimum absolute atomic E-state index is 0. The van der Waals surface area contributed by atoms with Crippen molar-refractivity contribution in [3.8, 4) is 0 Å². The summed E-state index contributed by atoms with van der Waals surface area (Å²) in [7, 11) is 1.80. The third kappa shape index (κ3) is 5.47. The van der Waals surface area contributed by atoms with Crippen molar-refractivity contribution < 1.29 is 9.59 Å². The van der Waals surface area contributed by atoms with Crippen molar-refractivity contribution in [3.63, 3.8) is 0 Å². The maximum absolute atomic E-state index is 11.4. The van der Waals surface area contributed by atoms with Crippen LogP contribution in [0.1, 0.15) is 23.7 Å². The van der Waals surface area contributed by atoms with Gasteiger partial charge in [0, 0.05) is 24.2 Å². The fourth-order valence-electron chi connectivity index (χ4n) is 1.28. The van der Waals surface area contributed by atoms with Crippen LogP contribution in [0.5, 0.6) is 0 Å². The number of nitrogens with one attached hydrogen (secondary N) is 2. The van der Waals surface area contributed by atoms with Crippen molar-refractivity contribution in [1.29, 1.82) is 0 Å². The number of hydrogen-bond acceptors (Lipinski definition) is 3. The normalized spacial score (nSPS) is 9.29. The molecule has 4 nitrogen and oxygen atoms in total. The second-order valence-electron chi connectivity index (χ2n) is 3.54. The number of carbonyl (C=O) groups is 2. The highest BCUT2D eigenvalue weighted by Gasteiger charge is 2.03. The molecule has 0 spiro atoms. The van der Waals surface area contributed by atoms with Gasteiger partial charge in [0.1, 0.15) is 0 Å². The van der Waals surface area contributed by atoms with Crippen molar-refractivity contribution in [2.45, 2.75) is 13.3 Å². The summed E-state index contributed by atoms with van der Waals surface area (Å²) in [5.41, 5.74) is 1.26. The van der Waals surface area contributed by atoms with Crippen molar-refractivity contribution in [1.82, 2.24) is 5.32 Å². The fourth-order valence-corrected chi connectivity index (χ4v) is 1.28. The van der Waals surface area contributed by atoms with Crippen molar-refractivity contribution >= 4 is 29.8 Å². The summed E-state index contributed by atoms with van der Waals surface area (Å²) in [6, 6.07) is 6.93. The van der Waals surface area contributed by atoms with Crippen LogP contribution in [0.25, 0.3) is 0 Å². The maximum Gasteiger partial charge on any atom is 0.225 e. The molecule has 5 heteroatoms. The summed E-state index contributed by atoms with van der Waals surface area (Å²) >= 11 is 0. The fraction of sp³-hybridized carbons (Fsp3) is 0.333. The van der Waals surface area contributed by atoms with Gasteiger partial charge in [-0.1, -0.05) is 12.1 Å². The maximum atomic E-state index is 11.4. The number of halogens is 1. The molecule has 1 aromatic carbocycles. The lowest BCUT2D eigenvalue weighted by atomic mass is 10.1. The van der Waals surface area contributed by atoms with E-state index in [0.717, 1.165) is 0 Å². The second-order valence-corrected chi connectivity index (χ2v) is 3.54. The first-order valence-electron chi connectivity index (χ1n) is 5.19. The van der Waals surface area contributed by atoms with Crippen LogP contribution in [0, 0.1) is 0 Å². The van der Waals surface area contributed by atoms with Gasteiger partial charge >= 0.3 is 0 Å². The van der Waals surface area contributed by atoms with E-state index in [-0.39, 0.29) is 24.1 Å². The van der Waals surface area contributed by atoms with Gasteiger partial charge in [0.05, 0.1) is 0 Å². The van der Waals surface area contributed by atoms with E-state index in [1.165, 1.54) is 6.92 Å². The van der Waals surface area contributed by atoms with Gasteiger partial charge in [0.15, 0.2) is 5.78 Å². The third-order valence-electron chi connectivity index (χ3n) is 2.15. The van der Waals surface area contributed by atoms with Gasteiger partial charge in [-0.05, 0) is 26.1 Å². The highest BCUT2D eigenvalue weighted by molar-refractivity contribution is 5.97. The first-order chi connectivity index (χ1) is 7.63. The molecule has 0 bridgehead atoms. The van der Waals surface area contributed by atoms with E-state index < -0.39 is 0 Å². The SMILES string of the molecule is CNCCC(=O)Nc1cccc(C(C)=O)c1.Cl. The molecule has 2 N–H and O–H groups in total. The Kier molecular flexibility index (Phi) is 7.18. The number of carbonyl (C=O) groups excluding carboxylic acids is 2. The lowest BCUT2D eigenvalue weighted by Crippen LogP contribution is -2.18. The topological polar surface area (TPSA) is 58.2 Å². The molecule has 1 amide bonds. The second kappa shape index (κ2) is 7.81. The molecule has 17 heavy (non-hydrogen) atoms. The standard InChI is InChI=1S/C12H16N2O2.ClH/c1-9(15)10-4-3-5-11(8-10)14-12(16)6-7-13-2;/h3-5,8,13H,6-7H2,1-2H3,(H,14,16);1H. The molecule has 0 radical (unpaired) electrons. The summed E-state index contributed by atoms with van der Waals surface area (Å²) in [6.45, 7) is 2.14. The first-order valence-corrected chi connectivity index (χ1v) is 5.19. The van der Waals surface area contributed by atoms with Crippen molar-refractivity contribution in [2.24, 2.45) is 0 Å². The molecule has 0 atom stereocenters. The number of benzene rings is 1. The molecule has 0 aliphatic rings. The smallest absolute Gasteiger partial charge is 0.225 e. The zero-order valence-electron chi connectivity index (χ0n) is 9.95. The molecule has 0 aliphatic carbocycles. The van der Waals surface area contributed by atoms with Gasteiger partial charge < -0.3 is 10.6 Å². The van der Waals surface area contributed by atoms with Crippen LogP contribution >= 0.6 is 12.4 Å². The average molecular weight is 257 g/mol. The molecule has 0 unspecified atom stereocenters. The number of anilines is 1. The Hall–Kier alpha value is -1.39. The molecule has 0 heterocycles. The molecule has 0 saturated heterocycles. The van der Waals surface area contributed by atoms with Crippen LogP contribution in [0.15, 0.2) is 24.3 Å². The van der Waals surface area contributed by atoms with Crippen LogP contribution in [0.2, 0.25) is 0 Å². The van der Waals surface area contributed by atoms with Crippen LogP contribution in [-0.4, -0.2) is 25.3 Å². The summed E-state index contributed by atoms with van der Waals surface area (Å²) in [4.78, 5) is 22.5. The van der Waals surface area contributed by atoms with E-state index >= 15 is 0 Å². The number of ketones is 1. The van der Waals surface area contributed by atoms with Gasteiger partial charge in [-0.25, -0.2) is 0 Å². The van der Waals surface area contributed by atoms with Crippen LogP contribution in [-0.2, 0) is 4.79 Å². The molecule has 0 aromatic heterocycles. The van der Waals surface area contributed by atoms with Gasteiger partial charge in [-0.15, -0.1) is 12.4 Å². The molecule has 0 fully saturated rings. The van der Waals surface area contributed by atoms with Crippen molar-refractivity contribution in [3.05, 3.63) is 29.8 Å². The summed E-state index contributed by atoms with van der Waals surface area (Å²) in [5.74, 6) is -0.0682. The van der Waals surface area contributed by atoms with E-state index in [2.05, 4.69) is 10.6 Å². The Bertz CT molecular complexity index is 394. The molecular weight excluding hydrogens is 240 g/mol. The Labute approximate surface area is 107 Å². The van der Waals surface area contributed by atoms with Crippen LogP contribution < -0.4 is 10.6 Å². The van der Waals surface area contributed by atoms with E-state index in [1.54, 1.807) is 31.3 Å². The summed E-state index contributed by atoms with van der Waals surface area (Å²) < 4.78 is 0. The van der Waals surface area contributed by atoms with Crippen LogP contribution in [0.4, 0.5) is 5.69 Å². The summed E-state index contributed by atoms with van der Waals surface area (Å²) in [6.07, 6.45) is 0.417. The molecule has 0 saturated carbocycles. The third-order valence-corrected chi connectivity index (χ3v) is 2.15. The van der Waals surface area contributed by atoms with Gasteiger partial charge in [0.2, 0.25) is 5.91 Å². The zero-order chi connectivity index (χ0) is 12.0. The highest BCUT2D eigenvalue weighted by atomic mass is 35.5. The lowest BCUT2D eigenvalue weighted by molar-refractivity contribution is -0.116. The largest absolute Gasteiger partial charge is 0.326 e. The van der Waals surface area contributed by atoms with E-state index in [0.29, 0.717) is 24.2 Å². The van der Waals surface area contributed by atoms with E-state index in [1.807, 2.05) is 0 Å². The predicted molar refractivity (Wildman–Crippen MR) is 70.9 cm³/mol. The average Bonchev–Trinajstić information content (AvgIpc) is 2.26. The first kappa shape index (κ1) is 15.6. The Morgan fingerprint density at radius 2 is 2.00 bits per heavy atom. The summed E-state index contributed by atoms with van der Waals surface area (Å²) in [5, 5.41) is 5.64. The Morgan fingerprint density at radius 3 is 2.59 bits per heavy atom. The van der Waals surface area contributed by atoms with Crippen LogP contribution in [0.3, 0.4) is 0 Å².